The summed E-state index contributed by atoms with van der Waals surface area (Å²) in [6.07, 6.45) is -4.93. The van der Waals surface area contributed by atoms with Gasteiger partial charge in [0.1, 0.15) is 0 Å². The number of rotatable bonds is 6. The highest BCUT2D eigenvalue weighted by Gasteiger charge is 2.46. The van der Waals surface area contributed by atoms with Crippen molar-refractivity contribution in [3.05, 3.63) is 29.6 Å². The van der Waals surface area contributed by atoms with E-state index in [2.05, 4.69) is 0 Å². The average Bonchev–Trinajstić information content (AvgIpc) is 2.50. The Morgan fingerprint density at radius 3 is 2.08 bits per heavy atom. The van der Waals surface area contributed by atoms with Crippen LogP contribution >= 0.6 is 0 Å². The normalized spacial score (nSPS) is 12.0. The molecule has 0 spiro atoms. The van der Waals surface area contributed by atoms with Crippen molar-refractivity contribution >= 4 is 11.9 Å². The minimum Gasteiger partial charge on any atom is -0.465 e. The van der Waals surface area contributed by atoms with E-state index in [0.29, 0.717) is 6.07 Å². The van der Waals surface area contributed by atoms with Crippen molar-refractivity contribution < 1.29 is 36.6 Å². The lowest BCUT2D eigenvalue weighted by atomic mass is 9.82. The summed E-state index contributed by atoms with van der Waals surface area (Å²) in [5.74, 6) is -4.59. The molecule has 1 rings (SSSR count). The van der Waals surface area contributed by atoms with E-state index in [4.69, 9.17) is 9.47 Å². The van der Waals surface area contributed by atoms with Gasteiger partial charge in [-0.15, -0.1) is 0 Å². The zero-order valence-electron chi connectivity index (χ0n) is 13.5. The van der Waals surface area contributed by atoms with Crippen LogP contribution in [0.5, 0.6) is 5.75 Å². The standard InChI is InChI=1S/C16H18F4O4/c1-4-15(5-2,13(21)23-6-3)14(22)24-11-9-7-8-10(12(11)17)16(18,19)20/h7-9H,4-6H2,1-3H3. The summed E-state index contributed by atoms with van der Waals surface area (Å²) in [6, 6.07) is 2.34. The molecular weight excluding hydrogens is 332 g/mol. The van der Waals surface area contributed by atoms with E-state index >= 15 is 0 Å². The molecule has 1 aromatic rings. The number of ether oxygens (including phenoxy) is 2. The fraction of sp³-hybridized carbons (Fsp3) is 0.500. The fourth-order valence-corrected chi connectivity index (χ4v) is 2.19. The lowest BCUT2D eigenvalue weighted by molar-refractivity contribution is -0.168. The smallest absolute Gasteiger partial charge is 0.419 e. The topological polar surface area (TPSA) is 52.6 Å². The van der Waals surface area contributed by atoms with Gasteiger partial charge in [0, 0.05) is 0 Å². The number of alkyl halides is 3. The van der Waals surface area contributed by atoms with E-state index < -0.39 is 40.7 Å². The Balaban J connectivity index is 3.20. The molecule has 24 heavy (non-hydrogen) atoms. The van der Waals surface area contributed by atoms with Gasteiger partial charge in [-0.1, -0.05) is 19.9 Å². The Kier molecular flexibility index (Phi) is 6.34. The summed E-state index contributed by atoms with van der Waals surface area (Å²) in [7, 11) is 0. The Labute approximate surface area is 136 Å². The van der Waals surface area contributed by atoms with Crippen molar-refractivity contribution in [3.8, 4) is 5.75 Å². The molecule has 0 bridgehead atoms. The molecule has 0 fully saturated rings. The first-order valence-corrected chi connectivity index (χ1v) is 7.39. The van der Waals surface area contributed by atoms with E-state index in [1.165, 1.54) is 13.8 Å². The van der Waals surface area contributed by atoms with E-state index in [1.54, 1.807) is 6.92 Å². The highest BCUT2D eigenvalue weighted by molar-refractivity contribution is 6.00. The molecular formula is C16H18F4O4. The first-order valence-electron chi connectivity index (χ1n) is 7.39. The van der Waals surface area contributed by atoms with Crippen molar-refractivity contribution in [3.63, 3.8) is 0 Å². The van der Waals surface area contributed by atoms with Crippen LogP contribution in [0.1, 0.15) is 39.2 Å². The summed E-state index contributed by atoms with van der Waals surface area (Å²) in [5, 5.41) is 0. The number of hydrogen-bond acceptors (Lipinski definition) is 4. The van der Waals surface area contributed by atoms with Crippen molar-refractivity contribution in [1.82, 2.24) is 0 Å². The fourth-order valence-electron chi connectivity index (χ4n) is 2.19. The average molecular weight is 350 g/mol. The zero-order chi connectivity index (χ0) is 18.5. The maximum absolute atomic E-state index is 14.0. The summed E-state index contributed by atoms with van der Waals surface area (Å²) in [5.41, 5.74) is -3.25. The Morgan fingerprint density at radius 2 is 1.62 bits per heavy atom. The van der Waals surface area contributed by atoms with Gasteiger partial charge in [0.2, 0.25) is 0 Å². The molecule has 8 heteroatoms. The zero-order valence-corrected chi connectivity index (χ0v) is 13.5. The minimum absolute atomic E-state index is 0.00173. The van der Waals surface area contributed by atoms with E-state index in [9.17, 15) is 27.2 Å². The predicted molar refractivity (Wildman–Crippen MR) is 76.7 cm³/mol. The number of carbonyl (C=O) groups excluding carboxylic acids is 2. The highest BCUT2D eigenvalue weighted by atomic mass is 19.4. The molecule has 0 amide bonds. The van der Waals surface area contributed by atoms with Crippen LogP contribution in [-0.4, -0.2) is 18.5 Å². The molecule has 0 N–H and O–H groups in total. The maximum atomic E-state index is 14.0. The second kappa shape index (κ2) is 7.63. The summed E-state index contributed by atoms with van der Waals surface area (Å²) in [6.45, 7) is 4.63. The lowest BCUT2D eigenvalue weighted by Gasteiger charge is -2.26. The van der Waals surface area contributed by atoms with Crippen LogP contribution in [0.2, 0.25) is 0 Å². The first-order chi connectivity index (χ1) is 11.1. The van der Waals surface area contributed by atoms with Crippen LogP contribution in [-0.2, 0) is 20.5 Å². The molecule has 0 heterocycles. The predicted octanol–water partition coefficient (Wildman–Crippen LogP) is 4.12. The van der Waals surface area contributed by atoms with Crippen molar-refractivity contribution in [2.75, 3.05) is 6.61 Å². The first kappa shape index (κ1) is 19.9. The largest absolute Gasteiger partial charge is 0.465 e. The molecule has 134 valence electrons. The van der Waals surface area contributed by atoms with E-state index in [1.807, 2.05) is 0 Å². The number of carbonyl (C=O) groups is 2. The number of halogens is 4. The Hall–Kier alpha value is -2.12. The SMILES string of the molecule is CCOC(=O)C(CC)(CC)C(=O)Oc1cccc(C(F)(F)F)c1F. The van der Waals surface area contributed by atoms with Crippen molar-refractivity contribution in [1.29, 1.82) is 0 Å². The molecule has 4 nitrogen and oxygen atoms in total. The van der Waals surface area contributed by atoms with Crippen LogP contribution < -0.4 is 4.74 Å². The maximum Gasteiger partial charge on any atom is 0.419 e. The molecule has 0 aliphatic rings. The van der Waals surface area contributed by atoms with Crippen LogP contribution in [0.25, 0.3) is 0 Å². The van der Waals surface area contributed by atoms with Crippen LogP contribution in [0.3, 0.4) is 0 Å². The quantitative estimate of drug-likeness (QED) is 0.335. The molecule has 1 aromatic carbocycles. The molecule has 0 aliphatic carbocycles. The molecule has 0 aromatic heterocycles. The van der Waals surface area contributed by atoms with Gasteiger partial charge in [-0.05, 0) is 31.9 Å². The van der Waals surface area contributed by atoms with Gasteiger partial charge < -0.3 is 9.47 Å². The van der Waals surface area contributed by atoms with Crippen molar-refractivity contribution in [2.24, 2.45) is 5.41 Å². The second-order valence-corrected chi connectivity index (χ2v) is 5.01. The van der Waals surface area contributed by atoms with E-state index in [-0.39, 0.29) is 19.4 Å². The Bertz CT molecular complexity index is 607. The second-order valence-electron chi connectivity index (χ2n) is 5.01. The molecule has 0 atom stereocenters. The van der Waals surface area contributed by atoms with Gasteiger partial charge in [0.05, 0.1) is 12.2 Å². The van der Waals surface area contributed by atoms with Gasteiger partial charge in [0.15, 0.2) is 17.0 Å². The summed E-state index contributed by atoms with van der Waals surface area (Å²) >= 11 is 0. The third-order valence-corrected chi connectivity index (χ3v) is 3.74. The van der Waals surface area contributed by atoms with E-state index in [0.717, 1.165) is 12.1 Å². The molecule has 0 radical (unpaired) electrons. The van der Waals surface area contributed by atoms with Crippen LogP contribution in [0.4, 0.5) is 17.6 Å². The lowest BCUT2D eigenvalue weighted by Crippen LogP contribution is -2.42. The summed E-state index contributed by atoms with van der Waals surface area (Å²) in [4.78, 5) is 24.4. The Morgan fingerprint density at radius 1 is 1.04 bits per heavy atom. The van der Waals surface area contributed by atoms with Gasteiger partial charge >= 0.3 is 18.1 Å². The molecule has 0 unspecified atom stereocenters. The minimum atomic E-state index is -4.93. The third-order valence-electron chi connectivity index (χ3n) is 3.74. The van der Waals surface area contributed by atoms with Gasteiger partial charge in [-0.3, -0.25) is 9.59 Å². The van der Waals surface area contributed by atoms with Gasteiger partial charge in [0.25, 0.3) is 0 Å². The van der Waals surface area contributed by atoms with Gasteiger partial charge in [-0.2, -0.15) is 13.2 Å². The monoisotopic (exact) mass is 350 g/mol. The molecule has 0 saturated heterocycles. The number of hydrogen-bond donors (Lipinski definition) is 0. The van der Waals surface area contributed by atoms with Crippen LogP contribution in [0, 0.1) is 11.2 Å². The highest BCUT2D eigenvalue weighted by Crippen LogP contribution is 2.36. The molecule has 0 saturated carbocycles. The molecule has 0 aliphatic heterocycles. The third kappa shape index (κ3) is 3.85. The van der Waals surface area contributed by atoms with Gasteiger partial charge in [-0.25, -0.2) is 4.39 Å². The van der Waals surface area contributed by atoms with Crippen molar-refractivity contribution in [2.45, 2.75) is 39.8 Å². The number of esters is 2. The van der Waals surface area contributed by atoms with Crippen LogP contribution in [0.15, 0.2) is 18.2 Å². The summed E-state index contributed by atoms with van der Waals surface area (Å²) < 4.78 is 61.7. The number of benzene rings is 1.